The molecule has 0 amide bonds. The maximum atomic E-state index is 4.04. The summed E-state index contributed by atoms with van der Waals surface area (Å²) in [6.07, 6.45) is 4.45. The number of anilines is 1. The van der Waals surface area contributed by atoms with Gasteiger partial charge in [-0.25, -0.2) is 4.98 Å². The standard InChI is InChI=1S/C5H8N2S.C5H13N/c1-4-3-7-5(6-2)8-4;1-3-4-5-6-2/h3H,1-2H3,(H,6,7);6H,3-5H2,1-2H3. The molecule has 0 aromatic carbocycles. The number of thiazole rings is 1. The first-order valence-electron chi connectivity index (χ1n) is 4.99. The SMILES string of the molecule is CCCCNC.CNc1ncc(C)s1. The van der Waals surface area contributed by atoms with Crippen molar-refractivity contribution in [2.24, 2.45) is 0 Å². The molecule has 82 valence electrons. The summed E-state index contributed by atoms with van der Waals surface area (Å²) in [5.41, 5.74) is 0. The second-order valence-corrected chi connectivity index (χ2v) is 4.22. The highest BCUT2D eigenvalue weighted by Crippen LogP contribution is 2.14. The molecule has 0 fully saturated rings. The van der Waals surface area contributed by atoms with Crippen LogP contribution in [0, 0.1) is 6.92 Å². The molecule has 0 aliphatic rings. The Labute approximate surface area is 91.0 Å². The van der Waals surface area contributed by atoms with Crippen molar-refractivity contribution in [2.75, 3.05) is 26.0 Å². The molecule has 1 rings (SSSR count). The Hall–Kier alpha value is -0.610. The summed E-state index contributed by atoms with van der Waals surface area (Å²) in [5.74, 6) is 0. The van der Waals surface area contributed by atoms with Gasteiger partial charge in [-0.2, -0.15) is 0 Å². The molecule has 2 N–H and O–H groups in total. The Morgan fingerprint density at radius 3 is 2.36 bits per heavy atom. The zero-order valence-corrected chi connectivity index (χ0v) is 10.4. The molecule has 0 saturated carbocycles. The normalized spacial score (nSPS) is 9.14. The van der Waals surface area contributed by atoms with E-state index in [-0.39, 0.29) is 0 Å². The summed E-state index contributed by atoms with van der Waals surface area (Å²) < 4.78 is 0. The van der Waals surface area contributed by atoms with Gasteiger partial charge in [-0.1, -0.05) is 13.3 Å². The molecule has 0 aliphatic carbocycles. The van der Waals surface area contributed by atoms with Crippen LogP contribution in [-0.2, 0) is 0 Å². The second-order valence-electron chi connectivity index (χ2n) is 2.98. The smallest absolute Gasteiger partial charge is 0.182 e. The van der Waals surface area contributed by atoms with Crippen LogP contribution < -0.4 is 10.6 Å². The number of aromatic nitrogens is 1. The topological polar surface area (TPSA) is 37.0 Å². The molecule has 1 aromatic heterocycles. The van der Waals surface area contributed by atoms with E-state index in [4.69, 9.17) is 0 Å². The number of nitrogens with one attached hydrogen (secondary N) is 2. The summed E-state index contributed by atoms with van der Waals surface area (Å²) in [6, 6.07) is 0. The predicted molar refractivity (Wildman–Crippen MR) is 65.2 cm³/mol. The maximum absolute atomic E-state index is 4.04. The van der Waals surface area contributed by atoms with Crippen molar-refractivity contribution in [1.29, 1.82) is 0 Å². The van der Waals surface area contributed by atoms with Crippen molar-refractivity contribution in [1.82, 2.24) is 10.3 Å². The molecule has 4 heteroatoms. The zero-order chi connectivity index (χ0) is 10.8. The van der Waals surface area contributed by atoms with E-state index < -0.39 is 0 Å². The van der Waals surface area contributed by atoms with Crippen molar-refractivity contribution in [2.45, 2.75) is 26.7 Å². The van der Waals surface area contributed by atoms with Gasteiger partial charge in [0.2, 0.25) is 0 Å². The van der Waals surface area contributed by atoms with Crippen LogP contribution in [0.3, 0.4) is 0 Å². The summed E-state index contributed by atoms with van der Waals surface area (Å²) >= 11 is 1.67. The Bertz CT molecular complexity index is 219. The number of unbranched alkanes of at least 4 members (excludes halogenated alkanes) is 1. The fourth-order valence-corrected chi connectivity index (χ4v) is 1.44. The van der Waals surface area contributed by atoms with Gasteiger partial charge in [0, 0.05) is 18.1 Å². The number of hydrogen-bond acceptors (Lipinski definition) is 4. The quantitative estimate of drug-likeness (QED) is 0.758. The zero-order valence-electron chi connectivity index (χ0n) is 9.55. The third-order valence-electron chi connectivity index (χ3n) is 1.62. The lowest BCUT2D eigenvalue weighted by atomic mass is 10.3. The molecule has 0 saturated heterocycles. The minimum absolute atomic E-state index is 0.988. The first-order chi connectivity index (χ1) is 6.74. The lowest BCUT2D eigenvalue weighted by molar-refractivity contribution is 0.711. The molecule has 0 unspecified atom stereocenters. The van der Waals surface area contributed by atoms with E-state index in [1.54, 1.807) is 11.3 Å². The lowest BCUT2D eigenvalue weighted by Crippen LogP contribution is -2.06. The van der Waals surface area contributed by atoms with Crippen molar-refractivity contribution >= 4 is 16.5 Å². The molecular formula is C10H21N3S. The summed E-state index contributed by atoms with van der Waals surface area (Å²) in [6.45, 7) is 5.40. The Morgan fingerprint density at radius 1 is 1.43 bits per heavy atom. The van der Waals surface area contributed by atoms with Crippen molar-refractivity contribution in [3.8, 4) is 0 Å². The molecule has 1 aromatic rings. The fraction of sp³-hybridized carbons (Fsp3) is 0.700. The number of rotatable bonds is 4. The van der Waals surface area contributed by atoms with Gasteiger partial charge in [-0.3, -0.25) is 0 Å². The van der Waals surface area contributed by atoms with Crippen LogP contribution in [0.5, 0.6) is 0 Å². The highest BCUT2D eigenvalue weighted by molar-refractivity contribution is 7.15. The fourth-order valence-electron chi connectivity index (χ4n) is 0.824. The summed E-state index contributed by atoms with van der Waals surface area (Å²) in [5, 5.41) is 7.01. The first-order valence-corrected chi connectivity index (χ1v) is 5.81. The van der Waals surface area contributed by atoms with Crippen LogP contribution in [0.1, 0.15) is 24.6 Å². The van der Waals surface area contributed by atoms with E-state index >= 15 is 0 Å². The van der Waals surface area contributed by atoms with Crippen LogP contribution in [0.4, 0.5) is 5.13 Å². The van der Waals surface area contributed by atoms with Gasteiger partial charge in [-0.15, -0.1) is 11.3 Å². The van der Waals surface area contributed by atoms with Gasteiger partial charge < -0.3 is 10.6 Å². The third-order valence-corrected chi connectivity index (χ3v) is 2.55. The van der Waals surface area contributed by atoms with Gasteiger partial charge in [0.25, 0.3) is 0 Å². The third kappa shape index (κ3) is 6.86. The molecule has 14 heavy (non-hydrogen) atoms. The van der Waals surface area contributed by atoms with Crippen LogP contribution in [-0.4, -0.2) is 25.6 Å². The van der Waals surface area contributed by atoms with Gasteiger partial charge in [0.05, 0.1) is 0 Å². The molecule has 0 spiro atoms. The monoisotopic (exact) mass is 215 g/mol. The average molecular weight is 215 g/mol. The minimum atomic E-state index is 0.988. The Kier molecular flexibility index (Phi) is 8.57. The average Bonchev–Trinajstić information content (AvgIpc) is 2.62. The van der Waals surface area contributed by atoms with Gasteiger partial charge in [0.1, 0.15) is 0 Å². The molecule has 0 atom stereocenters. The Balaban J connectivity index is 0.000000255. The highest BCUT2D eigenvalue weighted by atomic mass is 32.1. The van der Waals surface area contributed by atoms with Crippen LogP contribution >= 0.6 is 11.3 Å². The molecule has 3 nitrogen and oxygen atoms in total. The van der Waals surface area contributed by atoms with Gasteiger partial charge in [-0.05, 0) is 26.9 Å². The molecule has 0 aliphatic heterocycles. The van der Waals surface area contributed by atoms with E-state index in [0.29, 0.717) is 0 Å². The van der Waals surface area contributed by atoms with Crippen molar-refractivity contribution < 1.29 is 0 Å². The van der Waals surface area contributed by atoms with Crippen LogP contribution in [0.2, 0.25) is 0 Å². The van der Waals surface area contributed by atoms with Gasteiger partial charge in [0.15, 0.2) is 5.13 Å². The first kappa shape index (κ1) is 13.4. The summed E-state index contributed by atoms with van der Waals surface area (Å²) in [4.78, 5) is 5.29. The van der Waals surface area contributed by atoms with Crippen LogP contribution in [0.15, 0.2) is 6.20 Å². The van der Waals surface area contributed by atoms with E-state index in [2.05, 4.69) is 22.5 Å². The lowest BCUT2D eigenvalue weighted by Gasteiger charge is -1.89. The van der Waals surface area contributed by atoms with Crippen molar-refractivity contribution in [3.63, 3.8) is 0 Å². The van der Waals surface area contributed by atoms with Gasteiger partial charge >= 0.3 is 0 Å². The van der Waals surface area contributed by atoms with E-state index in [1.807, 2.05) is 27.2 Å². The van der Waals surface area contributed by atoms with E-state index in [1.165, 1.54) is 17.7 Å². The van der Waals surface area contributed by atoms with E-state index in [0.717, 1.165) is 11.7 Å². The largest absolute Gasteiger partial charge is 0.365 e. The minimum Gasteiger partial charge on any atom is -0.365 e. The Morgan fingerprint density at radius 2 is 2.14 bits per heavy atom. The van der Waals surface area contributed by atoms with Crippen LogP contribution in [0.25, 0.3) is 0 Å². The molecule has 1 heterocycles. The number of aryl methyl sites for hydroxylation is 1. The predicted octanol–water partition coefficient (Wildman–Crippen LogP) is 2.50. The van der Waals surface area contributed by atoms with Crippen molar-refractivity contribution in [3.05, 3.63) is 11.1 Å². The van der Waals surface area contributed by atoms with E-state index in [9.17, 15) is 0 Å². The maximum Gasteiger partial charge on any atom is 0.182 e. The number of hydrogen-bond donors (Lipinski definition) is 2. The number of nitrogens with zero attached hydrogens (tertiary/aromatic N) is 1. The molecule has 0 radical (unpaired) electrons. The second kappa shape index (κ2) is 8.97. The molecule has 0 bridgehead atoms. The molecular weight excluding hydrogens is 194 g/mol. The summed E-state index contributed by atoms with van der Waals surface area (Å²) in [7, 11) is 3.86. The highest BCUT2D eigenvalue weighted by Gasteiger charge is 1.90.